The minimum atomic E-state index is -1.13. The van der Waals surface area contributed by atoms with Crippen LogP contribution in [0.2, 0.25) is 0 Å². The first-order valence-electron chi connectivity index (χ1n) is 4.43. The number of aromatic carboxylic acids is 1. The molecule has 0 aliphatic rings. The fourth-order valence-corrected chi connectivity index (χ4v) is 3.05. The van der Waals surface area contributed by atoms with Gasteiger partial charge in [0.15, 0.2) is 0 Å². The molecule has 0 aliphatic heterocycles. The first-order chi connectivity index (χ1) is 7.82. The quantitative estimate of drug-likeness (QED) is 0.328. The fourth-order valence-electron chi connectivity index (χ4n) is 1.03. The third kappa shape index (κ3) is 3.66. The molecular weight excluding hydrogens is 450 g/mol. The van der Waals surface area contributed by atoms with Crippen LogP contribution in [-0.4, -0.2) is 17.0 Å². The molecule has 0 saturated heterocycles. The Kier molecular flexibility index (Phi) is 4.92. The Morgan fingerprint density at radius 2 is 1.94 bits per heavy atom. The van der Waals surface area contributed by atoms with E-state index in [4.69, 9.17) is 9.84 Å². The van der Waals surface area contributed by atoms with Gasteiger partial charge in [0.25, 0.3) is 0 Å². The number of esters is 1. The summed E-state index contributed by atoms with van der Waals surface area (Å²) >= 11 is 3.92. The summed E-state index contributed by atoms with van der Waals surface area (Å²) in [5.41, 5.74) is 0.204. The molecule has 1 aromatic carbocycles. The van der Waals surface area contributed by atoms with E-state index in [1.54, 1.807) is 6.07 Å². The largest absolute Gasteiger partial charge is 0.478 e. The summed E-state index contributed by atoms with van der Waals surface area (Å²) in [4.78, 5) is 22.5. The third-order valence-electron chi connectivity index (χ3n) is 1.78. The first kappa shape index (κ1) is 14.4. The molecule has 0 fully saturated rings. The normalized spacial score (nSPS) is 9.82. The molecule has 6 heteroatoms. The number of hydrogen-bond acceptors (Lipinski definition) is 3. The highest BCUT2D eigenvalue weighted by atomic mass is 127. The number of ether oxygens (including phenoxy) is 1. The van der Waals surface area contributed by atoms with Crippen molar-refractivity contribution in [2.75, 3.05) is 0 Å². The van der Waals surface area contributed by atoms with Crippen LogP contribution >= 0.6 is 45.2 Å². The third-order valence-corrected chi connectivity index (χ3v) is 3.26. The van der Waals surface area contributed by atoms with Crippen molar-refractivity contribution in [1.29, 1.82) is 0 Å². The van der Waals surface area contributed by atoms with Gasteiger partial charge in [0.2, 0.25) is 0 Å². The molecule has 0 amide bonds. The van der Waals surface area contributed by atoms with Crippen LogP contribution in [0.4, 0.5) is 0 Å². The Morgan fingerprint density at radius 3 is 2.41 bits per heavy atom. The Morgan fingerprint density at radius 1 is 1.35 bits per heavy atom. The van der Waals surface area contributed by atoms with E-state index in [-0.39, 0.29) is 16.9 Å². The van der Waals surface area contributed by atoms with E-state index in [1.807, 2.05) is 45.2 Å². The SMILES string of the molecule is C=C(C)C(=O)Oc1cc(I)cc(I)c1C(=O)O. The molecule has 1 rings (SSSR count). The molecule has 17 heavy (non-hydrogen) atoms. The van der Waals surface area contributed by atoms with E-state index in [9.17, 15) is 9.59 Å². The predicted molar refractivity (Wildman–Crippen MR) is 79.3 cm³/mol. The highest BCUT2D eigenvalue weighted by Gasteiger charge is 2.19. The summed E-state index contributed by atoms with van der Waals surface area (Å²) in [6.07, 6.45) is 0. The molecule has 0 bridgehead atoms. The van der Waals surface area contributed by atoms with Crippen molar-refractivity contribution in [3.63, 3.8) is 0 Å². The zero-order valence-corrected chi connectivity index (χ0v) is 13.1. The summed E-state index contributed by atoms with van der Waals surface area (Å²) in [5.74, 6) is -1.72. The van der Waals surface area contributed by atoms with Gasteiger partial charge in [-0.3, -0.25) is 0 Å². The van der Waals surface area contributed by atoms with E-state index in [1.165, 1.54) is 13.0 Å². The Labute approximate surface area is 125 Å². The highest BCUT2D eigenvalue weighted by molar-refractivity contribution is 14.1. The van der Waals surface area contributed by atoms with Gasteiger partial charge in [-0.2, -0.15) is 0 Å². The average molecular weight is 458 g/mol. The monoisotopic (exact) mass is 458 g/mol. The maximum atomic E-state index is 11.4. The molecule has 0 unspecified atom stereocenters. The van der Waals surface area contributed by atoms with Gasteiger partial charge in [-0.1, -0.05) is 6.58 Å². The van der Waals surface area contributed by atoms with Crippen molar-refractivity contribution >= 4 is 57.1 Å². The Balaban J connectivity index is 3.26. The van der Waals surface area contributed by atoms with Gasteiger partial charge in [0, 0.05) is 12.7 Å². The Hall–Kier alpha value is -0.640. The van der Waals surface area contributed by atoms with Crippen LogP contribution in [0.25, 0.3) is 0 Å². The van der Waals surface area contributed by atoms with Crippen LogP contribution in [0.5, 0.6) is 5.75 Å². The number of carboxylic acid groups (broad SMARTS) is 1. The van der Waals surface area contributed by atoms with Gasteiger partial charge in [-0.25, -0.2) is 9.59 Å². The van der Waals surface area contributed by atoms with Gasteiger partial charge < -0.3 is 9.84 Å². The van der Waals surface area contributed by atoms with Crippen molar-refractivity contribution in [2.24, 2.45) is 0 Å². The topological polar surface area (TPSA) is 63.6 Å². The molecule has 0 spiro atoms. The molecule has 0 radical (unpaired) electrons. The lowest BCUT2D eigenvalue weighted by atomic mass is 10.2. The van der Waals surface area contributed by atoms with Gasteiger partial charge in [0.05, 0.1) is 0 Å². The standard InChI is InChI=1S/C11H8I2O4/c1-5(2)11(16)17-8-4-6(12)3-7(13)9(8)10(14)15/h3-4H,1H2,2H3,(H,14,15). The van der Waals surface area contributed by atoms with E-state index in [2.05, 4.69) is 6.58 Å². The zero-order chi connectivity index (χ0) is 13.2. The van der Waals surface area contributed by atoms with Crippen molar-refractivity contribution in [2.45, 2.75) is 6.92 Å². The summed E-state index contributed by atoms with van der Waals surface area (Å²) in [6.45, 7) is 4.95. The molecule has 4 nitrogen and oxygen atoms in total. The molecule has 90 valence electrons. The van der Waals surface area contributed by atoms with Crippen LogP contribution in [0, 0.1) is 7.14 Å². The number of halogens is 2. The minimum Gasteiger partial charge on any atom is -0.478 e. The van der Waals surface area contributed by atoms with E-state index < -0.39 is 11.9 Å². The molecule has 0 heterocycles. The number of carboxylic acids is 1. The summed E-state index contributed by atoms with van der Waals surface area (Å²) in [5, 5.41) is 9.07. The lowest BCUT2D eigenvalue weighted by Gasteiger charge is -2.09. The van der Waals surface area contributed by atoms with Gasteiger partial charge >= 0.3 is 11.9 Å². The number of carbonyl (C=O) groups excluding carboxylic acids is 1. The summed E-state index contributed by atoms with van der Waals surface area (Å²) in [6, 6.07) is 3.20. The smallest absolute Gasteiger partial charge is 0.340 e. The lowest BCUT2D eigenvalue weighted by molar-refractivity contribution is -0.130. The molecule has 0 saturated carbocycles. The zero-order valence-electron chi connectivity index (χ0n) is 8.79. The van der Waals surface area contributed by atoms with Crippen LogP contribution in [0.1, 0.15) is 17.3 Å². The van der Waals surface area contributed by atoms with Crippen molar-refractivity contribution in [3.8, 4) is 5.75 Å². The molecule has 1 aromatic rings. The minimum absolute atomic E-state index is 0.0133. The predicted octanol–water partition coefficient (Wildman–Crippen LogP) is 3.08. The number of rotatable bonds is 3. The molecule has 0 atom stereocenters. The van der Waals surface area contributed by atoms with Gasteiger partial charge in [0.1, 0.15) is 11.3 Å². The van der Waals surface area contributed by atoms with Crippen LogP contribution in [0.3, 0.4) is 0 Å². The van der Waals surface area contributed by atoms with Gasteiger partial charge in [-0.05, 0) is 64.2 Å². The summed E-state index contributed by atoms with van der Waals surface area (Å²) in [7, 11) is 0. The second-order valence-electron chi connectivity index (χ2n) is 3.24. The highest BCUT2D eigenvalue weighted by Crippen LogP contribution is 2.27. The van der Waals surface area contributed by atoms with Crippen molar-refractivity contribution in [1.82, 2.24) is 0 Å². The summed E-state index contributed by atoms with van der Waals surface area (Å²) < 4.78 is 6.31. The van der Waals surface area contributed by atoms with Crippen LogP contribution in [0.15, 0.2) is 24.3 Å². The fraction of sp³-hybridized carbons (Fsp3) is 0.0909. The average Bonchev–Trinajstić information content (AvgIpc) is 2.14. The molecule has 0 aliphatic carbocycles. The number of hydrogen-bond donors (Lipinski definition) is 1. The second-order valence-corrected chi connectivity index (χ2v) is 5.64. The lowest BCUT2D eigenvalue weighted by Crippen LogP contribution is -2.12. The maximum absolute atomic E-state index is 11.4. The second kappa shape index (κ2) is 5.80. The van der Waals surface area contributed by atoms with Crippen LogP contribution in [-0.2, 0) is 4.79 Å². The van der Waals surface area contributed by atoms with Gasteiger partial charge in [-0.15, -0.1) is 0 Å². The van der Waals surface area contributed by atoms with E-state index in [0.29, 0.717) is 3.57 Å². The Bertz CT molecular complexity index is 508. The van der Waals surface area contributed by atoms with Crippen molar-refractivity contribution < 1.29 is 19.4 Å². The van der Waals surface area contributed by atoms with Crippen LogP contribution < -0.4 is 4.74 Å². The molecule has 1 N–H and O–H groups in total. The van der Waals surface area contributed by atoms with E-state index in [0.717, 1.165) is 3.57 Å². The molecular formula is C11H8I2O4. The maximum Gasteiger partial charge on any atom is 0.340 e. The number of carbonyl (C=O) groups is 2. The van der Waals surface area contributed by atoms with E-state index >= 15 is 0 Å². The number of benzene rings is 1. The first-order valence-corrected chi connectivity index (χ1v) is 6.58. The molecule has 0 aromatic heterocycles. The van der Waals surface area contributed by atoms with Crippen molar-refractivity contribution in [3.05, 3.63) is 37.0 Å².